The van der Waals surface area contributed by atoms with E-state index in [0.29, 0.717) is 11.3 Å². The zero-order chi connectivity index (χ0) is 23.9. The summed E-state index contributed by atoms with van der Waals surface area (Å²) in [6, 6.07) is 12.1. The molecule has 0 spiro atoms. The van der Waals surface area contributed by atoms with E-state index in [2.05, 4.69) is 10.0 Å². The zero-order valence-corrected chi connectivity index (χ0v) is 19.8. The summed E-state index contributed by atoms with van der Waals surface area (Å²) >= 11 is 0. The third kappa shape index (κ3) is 7.88. The first kappa shape index (κ1) is 25.2. The van der Waals surface area contributed by atoms with Gasteiger partial charge in [0.2, 0.25) is 0 Å². The third-order valence-electron chi connectivity index (χ3n) is 4.24. The highest BCUT2D eigenvalue weighted by Crippen LogP contribution is 2.18. The first-order chi connectivity index (χ1) is 14.9. The van der Waals surface area contributed by atoms with Gasteiger partial charge >= 0.3 is 12.1 Å². The smallest absolute Gasteiger partial charge is 0.408 e. The summed E-state index contributed by atoms with van der Waals surface area (Å²) in [6.45, 7) is 8.90. The number of amides is 1. The van der Waals surface area contributed by atoms with Crippen molar-refractivity contribution in [1.82, 2.24) is 5.32 Å². The summed E-state index contributed by atoms with van der Waals surface area (Å²) in [5.41, 5.74) is 1.34. The number of hydrogen-bond acceptors (Lipinski definition) is 6. The highest BCUT2D eigenvalue weighted by Gasteiger charge is 2.25. The summed E-state index contributed by atoms with van der Waals surface area (Å²) in [5, 5.41) is 2.54. The molecule has 0 radical (unpaired) electrons. The van der Waals surface area contributed by atoms with Crippen molar-refractivity contribution in [3.63, 3.8) is 0 Å². The minimum absolute atomic E-state index is 0.156. The molecule has 1 amide bonds. The number of anilines is 1. The van der Waals surface area contributed by atoms with Gasteiger partial charge in [0.25, 0.3) is 10.0 Å². The van der Waals surface area contributed by atoms with Gasteiger partial charge in [0.1, 0.15) is 11.6 Å². The average molecular weight is 463 g/mol. The largest absolute Gasteiger partial charge is 0.464 e. The van der Waals surface area contributed by atoms with Crippen LogP contribution in [0.25, 0.3) is 0 Å². The Bertz CT molecular complexity index is 1030. The number of hydrogen-bond donors (Lipinski definition) is 2. The molecule has 1 atom stereocenters. The fraction of sp³-hybridized carbons (Fsp3) is 0.391. The number of nitrogens with one attached hydrogen (secondary N) is 2. The van der Waals surface area contributed by atoms with Crippen molar-refractivity contribution in [3.05, 3.63) is 59.7 Å². The predicted molar refractivity (Wildman–Crippen MR) is 122 cm³/mol. The maximum atomic E-state index is 12.5. The second-order valence-corrected chi connectivity index (χ2v) is 9.95. The van der Waals surface area contributed by atoms with Crippen LogP contribution in [0.3, 0.4) is 0 Å². The second-order valence-electron chi connectivity index (χ2n) is 8.27. The monoisotopic (exact) mass is 462 g/mol. The molecule has 2 aromatic rings. The molecule has 9 heteroatoms. The second kappa shape index (κ2) is 10.5. The van der Waals surface area contributed by atoms with Crippen LogP contribution in [0.1, 0.15) is 38.8 Å². The molecule has 2 aromatic carbocycles. The van der Waals surface area contributed by atoms with E-state index in [0.717, 1.165) is 5.56 Å². The van der Waals surface area contributed by atoms with E-state index in [9.17, 15) is 18.0 Å². The van der Waals surface area contributed by atoms with E-state index in [-0.39, 0.29) is 17.9 Å². The summed E-state index contributed by atoms with van der Waals surface area (Å²) in [5.74, 6) is -0.581. The molecule has 0 bridgehead atoms. The van der Waals surface area contributed by atoms with E-state index in [4.69, 9.17) is 9.47 Å². The molecule has 0 aliphatic rings. The van der Waals surface area contributed by atoms with Gasteiger partial charge in [0, 0.05) is 12.1 Å². The number of rotatable bonds is 8. The van der Waals surface area contributed by atoms with Gasteiger partial charge in [0.05, 0.1) is 11.5 Å². The highest BCUT2D eigenvalue weighted by molar-refractivity contribution is 7.92. The van der Waals surface area contributed by atoms with Crippen LogP contribution >= 0.6 is 0 Å². The highest BCUT2D eigenvalue weighted by atomic mass is 32.2. The molecule has 0 saturated heterocycles. The molecule has 0 unspecified atom stereocenters. The molecule has 8 nitrogen and oxygen atoms in total. The van der Waals surface area contributed by atoms with Gasteiger partial charge in [-0.3, -0.25) is 4.72 Å². The van der Waals surface area contributed by atoms with Gasteiger partial charge in [-0.15, -0.1) is 0 Å². The Labute approximate surface area is 189 Å². The number of esters is 1. The molecule has 174 valence electrons. The molecule has 0 aromatic heterocycles. The van der Waals surface area contributed by atoms with Crippen molar-refractivity contribution in [2.45, 2.75) is 57.6 Å². The Balaban J connectivity index is 2.10. The van der Waals surface area contributed by atoms with Gasteiger partial charge in [-0.05, 0) is 64.4 Å². The average Bonchev–Trinajstić information content (AvgIpc) is 2.68. The number of benzene rings is 2. The Morgan fingerprint density at radius 1 is 1.00 bits per heavy atom. The van der Waals surface area contributed by atoms with Crippen molar-refractivity contribution in [3.8, 4) is 0 Å². The maximum Gasteiger partial charge on any atom is 0.408 e. The van der Waals surface area contributed by atoms with Gasteiger partial charge in [-0.25, -0.2) is 18.0 Å². The lowest BCUT2D eigenvalue weighted by Gasteiger charge is -2.23. The van der Waals surface area contributed by atoms with Crippen LogP contribution in [0.15, 0.2) is 53.4 Å². The van der Waals surface area contributed by atoms with Crippen LogP contribution in [0, 0.1) is 6.92 Å². The SMILES string of the molecule is CCOC(=O)[C@H](Cc1ccc(NS(=O)(=O)c2ccc(C)cc2)cc1)NC(=O)OC(C)(C)C. The van der Waals surface area contributed by atoms with Crippen LogP contribution < -0.4 is 10.0 Å². The van der Waals surface area contributed by atoms with Gasteiger partial charge in [-0.2, -0.15) is 0 Å². The fourth-order valence-corrected chi connectivity index (χ4v) is 3.82. The topological polar surface area (TPSA) is 111 Å². The van der Waals surface area contributed by atoms with Crippen LogP contribution in [0.2, 0.25) is 0 Å². The molecule has 0 fully saturated rings. The molecule has 0 heterocycles. The minimum atomic E-state index is -3.72. The van der Waals surface area contributed by atoms with E-state index in [1.165, 1.54) is 12.1 Å². The Morgan fingerprint density at radius 2 is 1.59 bits per heavy atom. The molecular weight excluding hydrogens is 432 g/mol. The standard InChI is InChI=1S/C23H30N2O6S/c1-6-30-21(26)20(24-22(27)31-23(3,4)5)15-17-9-11-18(12-10-17)25-32(28,29)19-13-7-16(2)8-14-19/h7-14,20,25H,6,15H2,1-5H3,(H,24,27)/t20-/m0/s1. The molecule has 0 saturated carbocycles. The summed E-state index contributed by atoms with van der Waals surface area (Å²) < 4.78 is 37.9. The Hall–Kier alpha value is -3.07. The lowest BCUT2D eigenvalue weighted by Crippen LogP contribution is -2.45. The Morgan fingerprint density at radius 3 is 2.12 bits per heavy atom. The minimum Gasteiger partial charge on any atom is -0.464 e. The Kier molecular flexibility index (Phi) is 8.26. The number of sulfonamides is 1. The van der Waals surface area contributed by atoms with Crippen LogP contribution in [-0.2, 0) is 30.7 Å². The van der Waals surface area contributed by atoms with E-state index < -0.39 is 33.7 Å². The van der Waals surface area contributed by atoms with E-state index in [1.807, 2.05) is 6.92 Å². The molecule has 0 aliphatic heterocycles. The summed E-state index contributed by atoms with van der Waals surface area (Å²) in [6.07, 6.45) is -0.568. The van der Waals surface area contributed by atoms with Gasteiger partial charge in [0.15, 0.2) is 0 Å². The molecule has 2 N–H and O–H groups in total. The van der Waals surface area contributed by atoms with Crippen LogP contribution in [0.4, 0.5) is 10.5 Å². The third-order valence-corrected chi connectivity index (χ3v) is 5.64. The van der Waals surface area contributed by atoms with Crippen molar-refractivity contribution in [2.75, 3.05) is 11.3 Å². The normalized spacial score (nSPS) is 12.5. The van der Waals surface area contributed by atoms with Gasteiger partial charge in [-0.1, -0.05) is 29.8 Å². The molecular formula is C23H30N2O6S. The number of aryl methyl sites for hydroxylation is 1. The fourth-order valence-electron chi connectivity index (χ4n) is 2.76. The molecule has 0 aliphatic carbocycles. The van der Waals surface area contributed by atoms with Crippen molar-refractivity contribution in [1.29, 1.82) is 0 Å². The summed E-state index contributed by atoms with van der Waals surface area (Å²) in [4.78, 5) is 24.6. The van der Waals surface area contributed by atoms with Crippen LogP contribution in [0.5, 0.6) is 0 Å². The van der Waals surface area contributed by atoms with Gasteiger partial charge < -0.3 is 14.8 Å². The first-order valence-electron chi connectivity index (χ1n) is 10.2. The lowest BCUT2D eigenvalue weighted by molar-refractivity contribution is -0.145. The predicted octanol–water partition coefficient (Wildman–Crippen LogP) is 3.79. The maximum absolute atomic E-state index is 12.5. The van der Waals surface area contributed by atoms with Crippen LogP contribution in [-0.4, -0.2) is 38.7 Å². The number of carbonyl (C=O) groups is 2. The number of carbonyl (C=O) groups excluding carboxylic acids is 2. The number of ether oxygens (including phenoxy) is 2. The number of alkyl carbamates (subject to hydrolysis) is 1. The lowest BCUT2D eigenvalue weighted by atomic mass is 10.1. The van der Waals surface area contributed by atoms with E-state index >= 15 is 0 Å². The van der Waals surface area contributed by atoms with Crippen molar-refractivity contribution < 1.29 is 27.5 Å². The van der Waals surface area contributed by atoms with E-state index in [1.54, 1.807) is 64.1 Å². The molecule has 2 rings (SSSR count). The first-order valence-corrected chi connectivity index (χ1v) is 11.7. The summed E-state index contributed by atoms with van der Waals surface area (Å²) in [7, 11) is -3.72. The van der Waals surface area contributed by atoms with Crippen molar-refractivity contribution in [2.24, 2.45) is 0 Å². The zero-order valence-electron chi connectivity index (χ0n) is 19.0. The molecule has 32 heavy (non-hydrogen) atoms. The van der Waals surface area contributed by atoms with Crippen molar-refractivity contribution >= 4 is 27.8 Å². The quantitative estimate of drug-likeness (QED) is 0.578.